The highest BCUT2D eigenvalue weighted by Gasteiger charge is 2.10. The van der Waals surface area contributed by atoms with Crippen LogP contribution in [0.5, 0.6) is 5.88 Å². The molecule has 0 aromatic carbocycles. The summed E-state index contributed by atoms with van der Waals surface area (Å²) in [5, 5.41) is 17.3. The molecule has 0 aliphatic heterocycles. The third-order valence-electron chi connectivity index (χ3n) is 1.48. The Morgan fingerprint density at radius 3 is 2.86 bits per heavy atom. The van der Waals surface area contributed by atoms with E-state index in [1.54, 1.807) is 0 Å². The second-order valence-electron chi connectivity index (χ2n) is 2.50. The number of rotatable bonds is 3. The van der Waals surface area contributed by atoms with E-state index in [1.807, 2.05) is 6.07 Å². The van der Waals surface area contributed by atoms with Gasteiger partial charge in [0.1, 0.15) is 24.1 Å². The summed E-state index contributed by atoms with van der Waals surface area (Å²) in [4.78, 5) is 3.78. The smallest absolute Gasteiger partial charge is 0.235 e. The van der Waals surface area contributed by atoms with Crippen LogP contribution >= 0.6 is 0 Å². The first kappa shape index (κ1) is 10.1. The highest BCUT2D eigenvalue weighted by atomic mass is 16.5. The number of hydrogen-bond acceptors (Lipinski definition) is 6. The predicted octanol–water partition coefficient (Wildman–Crippen LogP) is -0.511. The molecule has 0 unspecified atom stereocenters. The average Bonchev–Trinajstić information content (AvgIpc) is 2.14. The Morgan fingerprint density at radius 1 is 1.57 bits per heavy atom. The lowest BCUT2D eigenvalue weighted by Crippen LogP contribution is -2.07. The van der Waals surface area contributed by atoms with Gasteiger partial charge in [0.15, 0.2) is 0 Å². The molecule has 74 valence electrons. The van der Waals surface area contributed by atoms with Gasteiger partial charge in [-0.05, 0) is 0 Å². The number of nitrogens with zero attached hydrogens (tertiary/aromatic N) is 2. The van der Waals surface area contributed by atoms with E-state index >= 15 is 0 Å². The Bertz CT molecular complexity index is 372. The van der Waals surface area contributed by atoms with E-state index in [4.69, 9.17) is 26.6 Å². The predicted molar refractivity (Wildman–Crippen MR) is 50.4 cm³/mol. The van der Waals surface area contributed by atoms with Gasteiger partial charge >= 0.3 is 0 Å². The number of nitriles is 1. The number of aliphatic hydroxyl groups is 1. The molecule has 0 spiro atoms. The highest BCUT2D eigenvalue weighted by molar-refractivity contribution is 5.62. The standard InChI is InChI=1S/C8H10N4O2/c9-4-5-6(10)3-7(11)12-8(5)14-2-1-13/h3,13H,1-2H2,(H4,10,11,12). The normalized spacial score (nSPS) is 9.43. The molecule has 0 radical (unpaired) electrons. The second kappa shape index (κ2) is 4.30. The van der Waals surface area contributed by atoms with Crippen LogP contribution in [0.25, 0.3) is 0 Å². The fourth-order valence-electron chi connectivity index (χ4n) is 0.920. The van der Waals surface area contributed by atoms with Gasteiger partial charge in [-0.25, -0.2) is 0 Å². The van der Waals surface area contributed by atoms with Gasteiger partial charge in [-0.2, -0.15) is 10.2 Å². The Balaban J connectivity index is 3.07. The zero-order valence-electron chi connectivity index (χ0n) is 7.40. The maximum atomic E-state index is 8.74. The number of nitrogens with two attached hydrogens (primary N) is 2. The van der Waals surface area contributed by atoms with Crippen molar-refractivity contribution in [2.45, 2.75) is 0 Å². The van der Waals surface area contributed by atoms with Crippen molar-refractivity contribution in [2.75, 3.05) is 24.7 Å². The monoisotopic (exact) mass is 194 g/mol. The minimum Gasteiger partial charge on any atom is -0.474 e. The fourth-order valence-corrected chi connectivity index (χ4v) is 0.920. The van der Waals surface area contributed by atoms with Gasteiger partial charge in [0.25, 0.3) is 0 Å². The number of aliphatic hydroxyl groups excluding tert-OH is 1. The first-order valence-corrected chi connectivity index (χ1v) is 3.88. The average molecular weight is 194 g/mol. The summed E-state index contributed by atoms with van der Waals surface area (Å²) in [7, 11) is 0. The van der Waals surface area contributed by atoms with E-state index in [1.165, 1.54) is 6.07 Å². The summed E-state index contributed by atoms with van der Waals surface area (Å²) in [5.74, 6) is 0.230. The summed E-state index contributed by atoms with van der Waals surface area (Å²) >= 11 is 0. The maximum absolute atomic E-state index is 8.74. The zero-order chi connectivity index (χ0) is 10.6. The summed E-state index contributed by atoms with van der Waals surface area (Å²) in [6.07, 6.45) is 0. The molecule has 0 aliphatic carbocycles. The molecule has 0 fully saturated rings. The molecule has 1 heterocycles. The van der Waals surface area contributed by atoms with E-state index in [0.29, 0.717) is 0 Å². The minimum absolute atomic E-state index is 0.0462. The van der Waals surface area contributed by atoms with Gasteiger partial charge < -0.3 is 21.3 Å². The van der Waals surface area contributed by atoms with Gasteiger partial charge in [0, 0.05) is 6.07 Å². The number of ether oxygens (including phenoxy) is 1. The number of anilines is 2. The summed E-state index contributed by atoms with van der Waals surface area (Å²) in [6, 6.07) is 3.23. The molecule has 0 saturated carbocycles. The topological polar surface area (TPSA) is 118 Å². The van der Waals surface area contributed by atoms with Crippen molar-refractivity contribution in [2.24, 2.45) is 0 Å². The molecule has 14 heavy (non-hydrogen) atoms. The van der Waals surface area contributed by atoms with Gasteiger partial charge in [0.05, 0.1) is 12.3 Å². The van der Waals surface area contributed by atoms with E-state index in [0.717, 1.165) is 0 Å². The highest BCUT2D eigenvalue weighted by Crippen LogP contribution is 2.23. The van der Waals surface area contributed by atoms with Gasteiger partial charge in [-0.15, -0.1) is 0 Å². The van der Waals surface area contributed by atoms with Crippen LogP contribution in [-0.2, 0) is 0 Å². The van der Waals surface area contributed by atoms with Crippen molar-refractivity contribution < 1.29 is 9.84 Å². The van der Waals surface area contributed by atoms with E-state index in [9.17, 15) is 0 Å². The van der Waals surface area contributed by atoms with Crippen LogP contribution in [0.2, 0.25) is 0 Å². The van der Waals surface area contributed by atoms with Crippen molar-refractivity contribution in [3.05, 3.63) is 11.6 Å². The molecule has 0 atom stereocenters. The molecule has 0 amide bonds. The van der Waals surface area contributed by atoms with E-state index in [2.05, 4.69) is 4.98 Å². The lowest BCUT2D eigenvalue weighted by Gasteiger charge is -2.07. The molecule has 5 N–H and O–H groups in total. The molecule has 0 saturated heterocycles. The van der Waals surface area contributed by atoms with Crippen LogP contribution in [0.4, 0.5) is 11.5 Å². The molecule has 1 aromatic heterocycles. The molecular formula is C8H10N4O2. The van der Waals surface area contributed by atoms with Gasteiger partial charge in [-0.1, -0.05) is 0 Å². The molecule has 1 aromatic rings. The zero-order valence-corrected chi connectivity index (χ0v) is 7.40. The van der Waals surface area contributed by atoms with Crippen LogP contribution in [-0.4, -0.2) is 23.3 Å². The third-order valence-corrected chi connectivity index (χ3v) is 1.48. The van der Waals surface area contributed by atoms with Crippen molar-refractivity contribution in [1.82, 2.24) is 4.98 Å². The molecule has 1 rings (SSSR count). The fraction of sp³-hybridized carbons (Fsp3) is 0.250. The van der Waals surface area contributed by atoms with Crippen molar-refractivity contribution in [3.63, 3.8) is 0 Å². The van der Waals surface area contributed by atoms with Crippen LogP contribution in [0.1, 0.15) is 5.56 Å². The van der Waals surface area contributed by atoms with E-state index < -0.39 is 0 Å². The van der Waals surface area contributed by atoms with Gasteiger partial charge in [0.2, 0.25) is 5.88 Å². The third kappa shape index (κ3) is 2.02. The summed E-state index contributed by atoms with van der Waals surface area (Å²) < 4.78 is 5.00. The molecule has 6 heteroatoms. The first-order valence-electron chi connectivity index (χ1n) is 3.88. The lowest BCUT2D eigenvalue weighted by molar-refractivity contribution is 0.196. The Kier molecular flexibility index (Phi) is 3.09. The van der Waals surface area contributed by atoms with Crippen molar-refractivity contribution in [3.8, 4) is 11.9 Å². The lowest BCUT2D eigenvalue weighted by atomic mass is 10.2. The number of hydrogen-bond donors (Lipinski definition) is 3. The Hall–Kier alpha value is -2.00. The number of aromatic nitrogens is 1. The van der Waals surface area contributed by atoms with Crippen molar-refractivity contribution in [1.29, 1.82) is 5.26 Å². The van der Waals surface area contributed by atoms with Crippen LogP contribution in [0.15, 0.2) is 6.07 Å². The molecular weight excluding hydrogens is 184 g/mol. The Labute approximate surface area is 80.7 Å². The molecule has 0 bridgehead atoms. The van der Waals surface area contributed by atoms with Gasteiger partial charge in [-0.3, -0.25) is 0 Å². The molecule has 0 aliphatic rings. The summed E-state index contributed by atoms with van der Waals surface area (Å²) in [6.45, 7) is -0.119. The van der Waals surface area contributed by atoms with Crippen LogP contribution < -0.4 is 16.2 Å². The van der Waals surface area contributed by atoms with Crippen molar-refractivity contribution >= 4 is 11.5 Å². The second-order valence-corrected chi connectivity index (χ2v) is 2.50. The minimum atomic E-state index is -0.165. The quantitative estimate of drug-likeness (QED) is 0.596. The molecule has 6 nitrogen and oxygen atoms in total. The van der Waals surface area contributed by atoms with Crippen LogP contribution in [0, 0.1) is 11.3 Å². The summed E-state index contributed by atoms with van der Waals surface area (Å²) in [5.41, 5.74) is 11.3. The number of nitrogen functional groups attached to an aromatic ring is 2. The first-order chi connectivity index (χ1) is 6.69. The van der Waals surface area contributed by atoms with E-state index in [-0.39, 0.29) is 36.2 Å². The Morgan fingerprint density at radius 2 is 2.29 bits per heavy atom. The SMILES string of the molecule is N#Cc1c(N)cc(N)nc1OCCO. The number of pyridine rings is 1. The van der Waals surface area contributed by atoms with Crippen LogP contribution in [0.3, 0.4) is 0 Å². The largest absolute Gasteiger partial charge is 0.474 e. The maximum Gasteiger partial charge on any atom is 0.235 e.